The summed E-state index contributed by atoms with van der Waals surface area (Å²) in [7, 11) is 0. The third kappa shape index (κ3) is 2.83. The number of carbonyl (C=O) groups excluding carboxylic acids is 1. The lowest BCUT2D eigenvalue weighted by Gasteiger charge is -2.53. The van der Waals surface area contributed by atoms with Crippen LogP contribution in [0.2, 0.25) is 0 Å². The summed E-state index contributed by atoms with van der Waals surface area (Å²) < 4.78 is 0. The van der Waals surface area contributed by atoms with Gasteiger partial charge in [0.15, 0.2) is 0 Å². The number of fused-ring (bicyclic) bond motifs is 2. The van der Waals surface area contributed by atoms with Gasteiger partial charge in [0.25, 0.3) is 0 Å². The van der Waals surface area contributed by atoms with E-state index < -0.39 is 0 Å². The van der Waals surface area contributed by atoms with Crippen LogP contribution in [0, 0.1) is 40.4 Å². The van der Waals surface area contributed by atoms with Gasteiger partial charge in [-0.3, -0.25) is 4.79 Å². The highest BCUT2D eigenvalue weighted by atomic mass is 16.1. The third-order valence-electron chi connectivity index (χ3n) is 9.41. The van der Waals surface area contributed by atoms with Crippen LogP contribution in [0.1, 0.15) is 104 Å². The van der Waals surface area contributed by atoms with Gasteiger partial charge in [0, 0.05) is 12.3 Å². The van der Waals surface area contributed by atoms with Crippen molar-refractivity contribution in [2.75, 3.05) is 0 Å². The van der Waals surface area contributed by atoms with Gasteiger partial charge in [0.05, 0.1) is 0 Å². The maximum atomic E-state index is 12.8. The molecule has 1 heteroatoms. The Bertz CT molecular complexity index is 506. The van der Waals surface area contributed by atoms with Crippen LogP contribution in [0.3, 0.4) is 0 Å². The highest BCUT2D eigenvalue weighted by molar-refractivity contribution is 5.83. The Morgan fingerprint density at radius 1 is 1.08 bits per heavy atom. The molecule has 0 N–H and O–H groups in total. The molecule has 25 heavy (non-hydrogen) atoms. The highest BCUT2D eigenvalue weighted by Crippen LogP contribution is 2.65. The van der Waals surface area contributed by atoms with Gasteiger partial charge >= 0.3 is 0 Å². The number of carbonyl (C=O) groups is 1. The highest BCUT2D eigenvalue weighted by Gasteiger charge is 2.59. The minimum Gasteiger partial charge on any atom is -0.299 e. The summed E-state index contributed by atoms with van der Waals surface area (Å²) in [6.45, 7) is 7.48. The molecule has 4 saturated carbocycles. The Labute approximate surface area is 155 Å². The van der Waals surface area contributed by atoms with E-state index >= 15 is 0 Å². The molecule has 0 bridgehead atoms. The monoisotopic (exact) mass is 344 g/mol. The second kappa shape index (κ2) is 6.68. The van der Waals surface area contributed by atoms with Gasteiger partial charge in [0.1, 0.15) is 5.78 Å². The van der Waals surface area contributed by atoms with E-state index in [1.54, 1.807) is 0 Å². The molecule has 0 spiro atoms. The summed E-state index contributed by atoms with van der Waals surface area (Å²) in [4.78, 5) is 12.8. The minimum atomic E-state index is 0.381. The first-order valence-corrected chi connectivity index (χ1v) is 11.5. The maximum absolute atomic E-state index is 12.8. The van der Waals surface area contributed by atoms with Gasteiger partial charge in [-0.1, -0.05) is 40.0 Å². The quantitative estimate of drug-likeness (QED) is 0.550. The third-order valence-corrected chi connectivity index (χ3v) is 9.41. The first kappa shape index (κ1) is 18.1. The van der Waals surface area contributed by atoms with Gasteiger partial charge in [-0.25, -0.2) is 0 Å². The van der Waals surface area contributed by atoms with Crippen LogP contribution in [-0.4, -0.2) is 5.78 Å². The fourth-order valence-corrected chi connectivity index (χ4v) is 8.63. The van der Waals surface area contributed by atoms with E-state index in [4.69, 9.17) is 0 Å². The average molecular weight is 345 g/mol. The van der Waals surface area contributed by atoms with Crippen molar-refractivity contribution in [3.63, 3.8) is 0 Å². The lowest BCUT2D eigenvalue weighted by atomic mass is 9.51. The minimum absolute atomic E-state index is 0.381. The molecule has 0 saturated heterocycles. The Kier molecular flexibility index (Phi) is 4.82. The molecule has 4 fully saturated rings. The lowest BCUT2D eigenvalue weighted by Crippen LogP contribution is -2.46. The van der Waals surface area contributed by atoms with Crippen LogP contribution in [-0.2, 0) is 4.79 Å². The lowest BCUT2D eigenvalue weighted by molar-refractivity contribution is -0.132. The molecule has 4 rings (SSSR count). The molecule has 0 amide bonds. The molecule has 0 aromatic rings. The summed E-state index contributed by atoms with van der Waals surface area (Å²) in [6.07, 6.45) is 17.5. The van der Waals surface area contributed by atoms with Gasteiger partial charge in [-0.05, 0) is 92.3 Å². The van der Waals surface area contributed by atoms with Crippen LogP contribution in [0.5, 0.6) is 0 Å². The van der Waals surface area contributed by atoms with E-state index in [0.717, 1.165) is 30.1 Å². The topological polar surface area (TPSA) is 17.1 Å². The molecule has 0 aliphatic heterocycles. The molecular formula is C24H40O. The van der Waals surface area contributed by atoms with Crippen molar-refractivity contribution in [2.45, 2.75) is 104 Å². The van der Waals surface area contributed by atoms with E-state index in [-0.39, 0.29) is 0 Å². The van der Waals surface area contributed by atoms with Gasteiger partial charge < -0.3 is 0 Å². The molecule has 142 valence electrons. The fourth-order valence-electron chi connectivity index (χ4n) is 8.63. The molecule has 1 nitrogen and oxygen atoms in total. The fraction of sp³-hybridized carbons (Fsp3) is 0.958. The number of Topliss-reactive ketones (excluding diaryl/α,β-unsaturated/α-hetero) is 1. The summed E-state index contributed by atoms with van der Waals surface area (Å²) >= 11 is 0. The standard InChI is InChI=1S/C24H40O/c1-4-12-24-14-7-9-21(25)20(24)15-17(2)22(24)18-10-11-19-8-5-6-13-23(19,3)16-18/h17-20,22H,4-16H2,1-3H3. The second-order valence-electron chi connectivity index (χ2n) is 10.7. The molecular weight excluding hydrogens is 304 g/mol. The summed E-state index contributed by atoms with van der Waals surface area (Å²) in [5.74, 6) is 4.55. The molecule has 0 aromatic carbocycles. The number of ketones is 1. The largest absolute Gasteiger partial charge is 0.299 e. The zero-order chi connectivity index (χ0) is 17.7. The van der Waals surface area contributed by atoms with Crippen molar-refractivity contribution < 1.29 is 4.79 Å². The number of hydrogen-bond acceptors (Lipinski definition) is 1. The van der Waals surface area contributed by atoms with Crippen LogP contribution in [0.15, 0.2) is 0 Å². The van der Waals surface area contributed by atoms with Crippen molar-refractivity contribution in [3.05, 3.63) is 0 Å². The van der Waals surface area contributed by atoms with Gasteiger partial charge in [-0.15, -0.1) is 0 Å². The number of hydrogen-bond donors (Lipinski definition) is 0. The van der Waals surface area contributed by atoms with Crippen molar-refractivity contribution in [1.82, 2.24) is 0 Å². The first-order chi connectivity index (χ1) is 12.0. The molecule has 7 atom stereocenters. The van der Waals surface area contributed by atoms with Crippen LogP contribution in [0.4, 0.5) is 0 Å². The van der Waals surface area contributed by atoms with Crippen LogP contribution < -0.4 is 0 Å². The molecule has 4 aliphatic rings. The van der Waals surface area contributed by atoms with E-state index in [9.17, 15) is 4.79 Å². The smallest absolute Gasteiger partial charge is 0.136 e. The van der Waals surface area contributed by atoms with E-state index in [0.29, 0.717) is 22.5 Å². The zero-order valence-electron chi connectivity index (χ0n) is 17.0. The summed E-state index contributed by atoms with van der Waals surface area (Å²) in [5, 5.41) is 0. The molecule has 0 heterocycles. The number of rotatable bonds is 3. The van der Waals surface area contributed by atoms with E-state index in [1.165, 1.54) is 77.0 Å². The van der Waals surface area contributed by atoms with Crippen molar-refractivity contribution in [3.8, 4) is 0 Å². The zero-order valence-corrected chi connectivity index (χ0v) is 17.0. The Hall–Kier alpha value is -0.330. The predicted octanol–water partition coefficient (Wildman–Crippen LogP) is 6.79. The maximum Gasteiger partial charge on any atom is 0.136 e. The van der Waals surface area contributed by atoms with Gasteiger partial charge in [0.2, 0.25) is 0 Å². The van der Waals surface area contributed by atoms with E-state index in [1.807, 2.05) is 0 Å². The van der Waals surface area contributed by atoms with E-state index in [2.05, 4.69) is 20.8 Å². The predicted molar refractivity (Wildman–Crippen MR) is 104 cm³/mol. The van der Waals surface area contributed by atoms with Crippen LogP contribution >= 0.6 is 0 Å². The molecule has 4 aliphatic carbocycles. The average Bonchev–Trinajstić information content (AvgIpc) is 2.87. The first-order valence-electron chi connectivity index (χ1n) is 11.5. The van der Waals surface area contributed by atoms with Gasteiger partial charge in [-0.2, -0.15) is 0 Å². The Balaban J connectivity index is 1.62. The van der Waals surface area contributed by atoms with Crippen molar-refractivity contribution in [2.24, 2.45) is 40.4 Å². The summed E-state index contributed by atoms with van der Waals surface area (Å²) in [5.41, 5.74) is 0.997. The summed E-state index contributed by atoms with van der Waals surface area (Å²) in [6, 6.07) is 0. The van der Waals surface area contributed by atoms with Crippen molar-refractivity contribution in [1.29, 1.82) is 0 Å². The Morgan fingerprint density at radius 3 is 2.72 bits per heavy atom. The van der Waals surface area contributed by atoms with Crippen LogP contribution in [0.25, 0.3) is 0 Å². The normalized spacial score (nSPS) is 50.4. The van der Waals surface area contributed by atoms with Crippen molar-refractivity contribution >= 4 is 5.78 Å². The second-order valence-corrected chi connectivity index (χ2v) is 10.7. The molecule has 0 aromatic heterocycles. The Morgan fingerprint density at radius 2 is 1.92 bits per heavy atom. The SMILES string of the molecule is CCCC12CCCC(=O)C1CC(C)C2C1CCC2CCCCC2(C)C1. The molecule has 7 unspecified atom stereocenters. The molecule has 0 radical (unpaired) electrons.